The van der Waals surface area contributed by atoms with E-state index in [0.29, 0.717) is 23.3 Å². The number of amides is 1. The second kappa shape index (κ2) is 8.49. The summed E-state index contributed by atoms with van der Waals surface area (Å²) in [7, 11) is 2.71. The number of hydrogen-bond donors (Lipinski definition) is 1. The van der Waals surface area contributed by atoms with Crippen LogP contribution in [0.2, 0.25) is 0 Å². The van der Waals surface area contributed by atoms with Crippen molar-refractivity contribution in [2.45, 2.75) is 0 Å². The van der Waals surface area contributed by atoms with Crippen molar-refractivity contribution in [3.8, 4) is 11.5 Å². The van der Waals surface area contributed by atoms with Gasteiger partial charge in [-0.25, -0.2) is 4.79 Å². The van der Waals surface area contributed by atoms with Crippen LogP contribution in [0, 0.1) is 0 Å². The van der Waals surface area contributed by atoms with Crippen LogP contribution in [0.5, 0.6) is 11.5 Å². The second-order valence-electron chi connectivity index (χ2n) is 4.90. The molecular formula is C18H17NO6. The first-order valence-corrected chi connectivity index (χ1v) is 7.32. The zero-order valence-electron chi connectivity index (χ0n) is 13.8. The summed E-state index contributed by atoms with van der Waals surface area (Å²) in [5.41, 5.74) is 0.947. The molecule has 2 aromatic rings. The molecule has 0 bridgehead atoms. The zero-order valence-corrected chi connectivity index (χ0v) is 13.8. The Morgan fingerprint density at radius 2 is 1.84 bits per heavy atom. The van der Waals surface area contributed by atoms with Crippen LogP contribution in [0.3, 0.4) is 0 Å². The molecule has 1 N–H and O–H groups in total. The Morgan fingerprint density at radius 3 is 2.52 bits per heavy atom. The summed E-state index contributed by atoms with van der Waals surface area (Å²) in [4.78, 5) is 34.6. The highest BCUT2D eigenvalue weighted by atomic mass is 16.5. The predicted molar refractivity (Wildman–Crippen MR) is 90.3 cm³/mol. The average Bonchev–Trinajstić information content (AvgIpc) is 2.65. The molecule has 0 heterocycles. The fraction of sp³-hybridized carbons (Fsp3) is 0.167. The van der Waals surface area contributed by atoms with Crippen LogP contribution >= 0.6 is 0 Å². The summed E-state index contributed by atoms with van der Waals surface area (Å²) in [5, 5.41) is 2.59. The normalized spacial score (nSPS) is 9.84. The summed E-state index contributed by atoms with van der Waals surface area (Å²) < 4.78 is 15.2. The van der Waals surface area contributed by atoms with Crippen molar-refractivity contribution in [1.29, 1.82) is 0 Å². The number of ether oxygens (including phenoxy) is 3. The van der Waals surface area contributed by atoms with Crippen molar-refractivity contribution in [1.82, 2.24) is 0 Å². The van der Waals surface area contributed by atoms with Crippen LogP contribution in [0.4, 0.5) is 5.69 Å². The average molecular weight is 343 g/mol. The Bertz CT molecular complexity index is 787. The van der Waals surface area contributed by atoms with Crippen LogP contribution in [-0.4, -0.2) is 39.0 Å². The van der Waals surface area contributed by atoms with E-state index in [4.69, 9.17) is 9.47 Å². The largest absolute Gasteiger partial charge is 0.493 e. The van der Waals surface area contributed by atoms with Crippen LogP contribution in [0.1, 0.15) is 20.7 Å². The molecule has 130 valence electrons. The van der Waals surface area contributed by atoms with E-state index in [1.807, 2.05) is 0 Å². The molecule has 7 heteroatoms. The van der Waals surface area contributed by atoms with Crippen molar-refractivity contribution in [3.63, 3.8) is 0 Å². The monoisotopic (exact) mass is 343 g/mol. The van der Waals surface area contributed by atoms with E-state index >= 15 is 0 Å². The van der Waals surface area contributed by atoms with Crippen LogP contribution in [0.25, 0.3) is 0 Å². The van der Waals surface area contributed by atoms with E-state index in [1.165, 1.54) is 20.3 Å². The molecular weight excluding hydrogens is 326 g/mol. The van der Waals surface area contributed by atoms with E-state index < -0.39 is 11.9 Å². The van der Waals surface area contributed by atoms with Gasteiger partial charge in [-0.2, -0.15) is 0 Å². The Balaban J connectivity index is 2.07. The Hall–Kier alpha value is -3.35. The standard InChI is InChI=1S/C18H17NO6/c1-23-15-8-7-12(10-20)9-16(15)25-11-17(21)19-14-6-4-3-5-13(14)18(22)24-2/h3-10H,11H2,1-2H3,(H,19,21). The third kappa shape index (κ3) is 4.57. The van der Waals surface area contributed by atoms with Gasteiger partial charge >= 0.3 is 5.97 Å². The molecule has 0 spiro atoms. The maximum Gasteiger partial charge on any atom is 0.339 e. The van der Waals surface area contributed by atoms with E-state index in [9.17, 15) is 14.4 Å². The van der Waals surface area contributed by atoms with Gasteiger partial charge in [-0.3, -0.25) is 9.59 Å². The predicted octanol–water partition coefficient (Wildman–Crippen LogP) is 2.31. The van der Waals surface area contributed by atoms with E-state index in [0.717, 1.165) is 0 Å². The van der Waals surface area contributed by atoms with Crippen LogP contribution < -0.4 is 14.8 Å². The number of para-hydroxylation sites is 1. The summed E-state index contributed by atoms with van der Waals surface area (Å²) in [6.07, 6.45) is 0.666. The summed E-state index contributed by atoms with van der Waals surface area (Å²) >= 11 is 0. The topological polar surface area (TPSA) is 90.9 Å². The van der Waals surface area contributed by atoms with Crippen molar-refractivity contribution < 1.29 is 28.6 Å². The van der Waals surface area contributed by atoms with Gasteiger partial charge in [-0.05, 0) is 30.3 Å². The molecule has 0 aliphatic heterocycles. The SMILES string of the molecule is COC(=O)c1ccccc1NC(=O)COc1cc(C=O)ccc1OC. The number of rotatable bonds is 7. The number of aldehydes is 1. The molecule has 0 unspecified atom stereocenters. The Labute approximate surface area is 144 Å². The second-order valence-corrected chi connectivity index (χ2v) is 4.90. The first-order valence-electron chi connectivity index (χ1n) is 7.32. The number of hydrogen-bond acceptors (Lipinski definition) is 6. The molecule has 0 aliphatic carbocycles. The van der Waals surface area contributed by atoms with Gasteiger partial charge in [0, 0.05) is 5.56 Å². The fourth-order valence-corrected chi connectivity index (χ4v) is 2.09. The van der Waals surface area contributed by atoms with E-state index in [2.05, 4.69) is 10.1 Å². The number of benzene rings is 2. The van der Waals surface area contributed by atoms with Gasteiger partial charge in [-0.15, -0.1) is 0 Å². The number of nitrogens with one attached hydrogen (secondary N) is 1. The highest BCUT2D eigenvalue weighted by Crippen LogP contribution is 2.27. The lowest BCUT2D eigenvalue weighted by Gasteiger charge is -2.12. The first kappa shape index (κ1) is 18.0. The first-order chi connectivity index (χ1) is 12.1. The Morgan fingerprint density at radius 1 is 1.08 bits per heavy atom. The number of carbonyl (C=O) groups excluding carboxylic acids is 3. The third-order valence-corrected chi connectivity index (χ3v) is 3.29. The van der Waals surface area contributed by atoms with E-state index in [1.54, 1.807) is 36.4 Å². The summed E-state index contributed by atoms with van der Waals surface area (Å²) in [5.74, 6) is -0.371. The van der Waals surface area contributed by atoms with Crippen LogP contribution in [-0.2, 0) is 9.53 Å². The molecule has 0 saturated carbocycles. The van der Waals surface area contributed by atoms with Gasteiger partial charge in [0.25, 0.3) is 5.91 Å². The highest BCUT2D eigenvalue weighted by molar-refractivity contribution is 6.01. The lowest BCUT2D eigenvalue weighted by Crippen LogP contribution is -2.22. The number of anilines is 1. The van der Waals surface area contributed by atoms with E-state index in [-0.39, 0.29) is 17.9 Å². The number of esters is 1. The molecule has 0 atom stereocenters. The maximum absolute atomic E-state index is 12.1. The van der Waals surface area contributed by atoms with Gasteiger partial charge in [-0.1, -0.05) is 12.1 Å². The van der Waals surface area contributed by atoms with Gasteiger partial charge in [0.2, 0.25) is 0 Å². The molecule has 0 aromatic heterocycles. The lowest BCUT2D eigenvalue weighted by atomic mass is 10.2. The summed E-state index contributed by atoms with van der Waals surface area (Å²) in [6.45, 7) is -0.325. The lowest BCUT2D eigenvalue weighted by molar-refractivity contribution is -0.118. The smallest absolute Gasteiger partial charge is 0.339 e. The van der Waals surface area contributed by atoms with Crippen molar-refractivity contribution in [3.05, 3.63) is 53.6 Å². The highest BCUT2D eigenvalue weighted by Gasteiger charge is 2.14. The molecule has 1 amide bonds. The minimum atomic E-state index is -0.558. The minimum absolute atomic E-state index is 0.235. The molecule has 7 nitrogen and oxygen atoms in total. The van der Waals surface area contributed by atoms with Gasteiger partial charge < -0.3 is 19.5 Å². The van der Waals surface area contributed by atoms with Crippen molar-refractivity contribution in [2.75, 3.05) is 26.1 Å². The van der Waals surface area contributed by atoms with Gasteiger partial charge in [0.15, 0.2) is 18.1 Å². The maximum atomic E-state index is 12.1. The quantitative estimate of drug-likeness (QED) is 0.613. The zero-order chi connectivity index (χ0) is 18.2. The molecule has 0 aliphatic rings. The third-order valence-electron chi connectivity index (χ3n) is 3.29. The molecule has 2 rings (SSSR count). The van der Waals surface area contributed by atoms with Crippen LogP contribution in [0.15, 0.2) is 42.5 Å². The Kier molecular flexibility index (Phi) is 6.11. The number of carbonyl (C=O) groups is 3. The number of methoxy groups -OCH3 is 2. The molecule has 2 aromatic carbocycles. The van der Waals surface area contributed by atoms with Gasteiger partial charge in [0.05, 0.1) is 25.5 Å². The van der Waals surface area contributed by atoms with Gasteiger partial charge in [0.1, 0.15) is 6.29 Å². The molecule has 0 saturated heterocycles. The van der Waals surface area contributed by atoms with Crippen molar-refractivity contribution in [2.24, 2.45) is 0 Å². The molecule has 0 fully saturated rings. The fourth-order valence-electron chi connectivity index (χ4n) is 2.09. The summed E-state index contributed by atoms with van der Waals surface area (Å²) in [6, 6.07) is 11.1. The van der Waals surface area contributed by atoms with Crippen molar-refractivity contribution >= 4 is 23.9 Å². The molecule has 25 heavy (non-hydrogen) atoms. The minimum Gasteiger partial charge on any atom is -0.493 e. The molecule has 0 radical (unpaired) electrons.